The van der Waals surface area contributed by atoms with Gasteiger partial charge in [-0.15, -0.1) is 0 Å². The molecule has 3 heteroatoms. The number of benzene rings is 2. The Kier molecular flexibility index (Phi) is 5.03. The zero-order valence-electron chi connectivity index (χ0n) is 15.1. The van der Waals surface area contributed by atoms with E-state index in [9.17, 15) is 0 Å². The second kappa shape index (κ2) is 7.39. The second-order valence-corrected chi connectivity index (χ2v) is 6.49. The molecule has 1 atom stereocenters. The predicted molar refractivity (Wildman–Crippen MR) is 107 cm³/mol. The van der Waals surface area contributed by atoms with Crippen LogP contribution in [0, 0.1) is 0 Å². The quantitative estimate of drug-likeness (QED) is 0.756. The van der Waals surface area contributed by atoms with Crippen LogP contribution in [0.3, 0.4) is 0 Å². The van der Waals surface area contributed by atoms with Gasteiger partial charge in [-0.25, -0.2) is 4.99 Å². The summed E-state index contributed by atoms with van der Waals surface area (Å²) < 4.78 is 0. The van der Waals surface area contributed by atoms with E-state index in [4.69, 9.17) is 4.99 Å². The number of hydrogen-bond acceptors (Lipinski definition) is 3. The maximum absolute atomic E-state index is 4.95. The predicted octanol–water partition coefficient (Wildman–Crippen LogP) is 5.19. The van der Waals surface area contributed by atoms with Gasteiger partial charge in [0, 0.05) is 16.9 Å². The van der Waals surface area contributed by atoms with Crippen LogP contribution in [0.15, 0.2) is 77.4 Å². The summed E-state index contributed by atoms with van der Waals surface area (Å²) in [6, 6.07) is 16.7. The van der Waals surface area contributed by atoms with E-state index in [1.54, 1.807) is 0 Å². The van der Waals surface area contributed by atoms with Crippen LogP contribution in [0.25, 0.3) is 0 Å². The van der Waals surface area contributed by atoms with Gasteiger partial charge in [0.05, 0.1) is 0 Å². The van der Waals surface area contributed by atoms with Crippen molar-refractivity contribution in [3.63, 3.8) is 0 Å². The minimum Gasteiger partial charge on any atom is -0.359 e. The van der Waals surface area contributed by atoms with Crippen LogP contribution < -0.4 is 10.6 Å². The van der Waals surface area contributed by atoms with Gasteiger partial charge < -0.3 is 10.6 Å². The lowest BCUT2D eigenvalue weighted by Gasteiger charge is -2.27. The van der Waals surface area contributed by atoms with Gasteiger partial charge in [-0.3, -0.25) is 0 Å². The fraction of sp³-hybridized carbons (Fsp3) is 0.227. The van der Waals surface area contributed by atoms with Crippen molar-refractivity contribution in [1.29, 1.82) is 0 Å². The highest BCUT2D eigenvalue weighted by molar-refractivity contribution is 6.05. The average molecular weight is 331 g/mol. The Bertz CT molecular complexity index is 842. The number of nitrogens with zero attached hydrogens (tertiary/aromatic N) is 1. The van der Waals surface area contributed by atoms with Crippen molar-refractivity contribution in [2.24, 2.45) is 4.99 Å². The molecule has 3 nitrogen and oxygen atoms in total. The lowest BCUT2D eigenvalue weighted by atomic mass is 10.0. The summed E-state index contributed by atoms with van der Waals surface area (Å²) in [6.45, 7) is 10.4. The average Bonchev–Trinajstić information content (AvgIpc) is 2.60. The molecule has 0 amide bonds. The van der Waals surface area contributed by atoms with E-state index < -0.39 is 0 Å². The monoisotopic (exact) mass is 331 g/mol. The van der Waals surface area contributed by atoms with Crippen LogP contribution in [0.1, 0.15) is 43.6 Å². The summed E-state index contributed by atoms with van der Waals surface area (Å²) in [4.78, 5) is 4.95. The second-order valence-electron chi connectivity index (χ2n) is 6.49. The van der Waals surface area contributed by atoms with Crippen LogP contribution in [0.4, 0.5) is 5.69 Å². The number of aryl methyl sites for hydroxylation is 1. The number of amidine groups is 1. The number of allylic oxidation sites excluding steroid dienone is 2. The maximum atomic E-state index is 4.95. The summed E-state index contributed by atoms with van der Waals surface area (Å²) in [6.07, 6.45) is 2.91. The van der Waals surface area contributed by atoms with E-state index in [1.165, 1.54) is 16.7 Å². The third-order valence-electron chi connectivity index (χ3n) is 4.21. The van der Waals surface area contributed by atoms with Gasteiger partial charge in [0.15, 0.2) is 0 Å². The normalized spacial score (nSPS) is 15.5. The van der Waals surface area contributed by atoms with Crippen molar-refractivity contribution in [2.75, 3.05) is 5.32 Å². The summed E-state index contributed by atoms with van der Waals surface area (Å²) in [5.41, 5.74) is 6.72. The largest absolute Gasteiger partial charge is 0.359 e. The van der Waals surface area contributed by atoms with Crippen LogP contribution in [0.5, 0.6) is 0 Å². The minimum atomic E-state index is -0.104. The van der Waals surface area contributed by atoms with Crippen molar-refractivity contribution >= 4 is 11.5 Å². The molecule has 0 spiro atoms. The van der Waals surface area contributed by atoms with Crippen molar-refractivity contribution < 1.29 is 0 Å². The standard InChI is InChI=1S/C22H25N3/c1-5-17-10-6-7-11-18(17)21-24-20-13-9-8-12-19(20)22(25-21)23-16(4)14-15(2)3/h6-14,21,24H,4-5H2,1-3H3,(H,23,25). The van der Waals surface area contributed by atoms with Crippen LogP contribution in [-0.2, 0) is 6.42 Å². The molecule has 2 N–H and O–H groups in total. The number of fused-ring (bicyclic) bond motifs is 1. The van der Waals surface area contributed by atoms with Crippen molar-refractivity contribution in [2.45, 2.75) is 33.4 Å². The van der Waals surface area contributed by atoms with E-state index in [2.05, 4.69) is 74.4 Å². The number of anilines is 1. The molecular weight excluding hydrogens is 306 g/mol. The lowest BCUT2D eigenvalue weighted by molar-refractivity contribution is 0.801. The molecule has 3 rings (SSSR count). The van der Waals surface area contributed by atoms with Gasteiger partial charge >= 0.3 is 0 Å². The zero-order valence-corrected chi connectivity index (χ0v) is 15.1. The number of hydrogen-bond donors (Lipinski definition) is 2. The minimum absolute atomic E-state index is 0.104. The Morgan fingerprint density at radius 2 is 1.88 bits per heavy atom. The van der Waals surface area contributed by atoms with Gasteiger partial charge in [-0.1, -0.05) is 55.5 Å². The molecule has 0 fully saturated rings. The Morgan fingerprint density at radius 3 is 2.64 bits per heavy atom. The number of rotatable bonds is 4. The SMILES string of the molecule is C=C(C=C(C)C)NC1=NC(c2ccccc2CC)Nc2ccccc21. The first-order valence-corrected chi connectivity index (χ1v) is 8.71. The van der Waals surface area contributed by atoms with Crippen LogP contribution in [-0.4, -0.2) is 5.84 Å². The first-order chi connectivity index (χ1) is 12.1. The summed E-state index contributed by atoms with van der Waals surface area (Å²) in [7, 11) is 0. The molecule has 0 aliphatic carbocycles. The van der Waals surface area contributed by atoms with Crippen molar-refractivity contribution in [3.05, 3.63) is 89.1 Å². The molecule has 1 aliphatic rings. The number of para-hydroxylation sites is 1. The third kappa shape index (κ3) is 3.82. The summed E-state index contributed by atoms with van der Waals surface area (Å²) in [5.74, 6) is 0.854. The Labute approximate surface area is 150 Å². The van der Waals surface area contributed by atoms with Gasteiger partial charge in [0.25, 0.3) is 0 Å². The van der Waals surface area contributed by atoms with Gasteiger partial charge in [0.1, 0.15) is 12.0 Å². The molecule has 25 heavy (non-hydrogen) atoms. The molecule has 1 unspecified atom stereocenters. The molecular formula is C22H25N3. The number of aliphatic imine (C=N–C) groups is 1. The molecule has 1 aliphatic heterocycles. The number of nitrogens with one attached hydrogen (secondary N) is 2. The highest BCUT2D eigenvalue weighted by Crippen LogP contribution is 2.31. The lowest BCUT2D eigenvalue weighted by Crippen LogP contribution is -2.30. The van der Waals surface area contributed by atoms with Crippen molar-refractivity contribution in [1.82, 2.24) is 5.32 Å². The molecule has 2 aromatic carbocycles. The highest BCUT2D eigenvalue weighted by atomic mass is 15.2. The fourth-order valence-electron chi connectivity index (χ4n) is 3.10. The van der Waals surface area contributed by atoms with E-state index in [-0.39, 0.29) is 6.17 Å². The zero-order chi connectivity index (χ0) is 17.8. The maximum Gasteiger partial charge on any atom is 0.147 e. The highest BCUT2D eigenvalue weighted by Gasteiger charge is 2.22. The van der Waals surface area contributed by atoms with Gasteiger partial charge in [0.2, 0.25) is 0 Å². The Balaban J connectivity index is 2.01. The Morgan fingerprint density at radius 1 is 1.16 bits per heavy atom. The molecule has 0 bridgehead atoms. The van der Waals surface area contributed by atoms with E-state index in [1.807, 2.05) is 18.2 Å². The van der Waals surface area contributed by atoms with Crippen LogP contribution >= 0.6 is 0 Å². The van der Waals surface area contributed by atoms with E-state index >= 15 is 0 Å². The molecule has 128 valence electrons. The third-order valence-corrected chi connectivity index (χ3v) is 4.21. The molecule has 1 heterocycles. The summed E-state index contributed by atoms with van der Waals surface area (Å²) in [5, 5.41) is 6.94. The van der Waals surface area contributed by atoms with Crippen molar-refractivity contribution in [3.8, 4) is 0 Å². The molecule has 0 radical (unpaired) electrons. The van der Waals surface area contributed by atoms with Gasteiger partial charge in [-0.2, -0.15) is 0 Å². The topological polar surface area (TPSA) is 36.4 Å². The summed E-state index contributed by atoms with van der Waals surface area (Å²) >= 11 is 0. The molecule has 0 saturated carbocycles. The Hall–Kier alpha value is -2.81. The molecule has 0 saturated heterocycles. The first-order valence-electron chi connectivity index (χ1n) is 8.71. The van der Waals surface area contributed by atoms with E-state index in [0.29, 0.717) is 0 Å². The smallest absolute Gasteiger partial charge is 0.147 e. The molecule has 0 aromatic heterocycles. The van der Waals surface area contributed by atoms with Gasteiger partial charge in [-0.05, 0) is 49.6 Å². The molecule has 2 aromatic rings. The van der Waals surface area contributed by atoms with Crippen LogP contribution in [0.2, 0.25) is 0 Å². The van der Waals surface area contributed by atoms with E-state index in [0.717, 1.165) is 29.2 Å². The first kappa shape index (κ1) is 17.0. The fourth-order valence-corrected chi connectivity index (χ4v) is 3.10.